The van der Waals surface area contributed by atoms with Gasteiger partial charge in [-0.2, -0.15) is 0 Å². The van der Waals surface area contributed by atoms with Crippen molar-refractivity contribution >= 4 is 0 Å². The lowest BCUT2D eigenvalue weighted by Gasteiger charge is -2.22. The van der Waals surface area contributed by atoms with Gasteiger partial charge in [-0.3, -0.25) is 0 Å². The van der Waals surface area contributed by atoms with E-state index in [-0.39, 0.29) is 5.41 Å². The molecule has 1 aliphatic rings. The zero-order valence-corrected chi connectivity index (χ0v) is 25.3. The third kappa shape index (κ3) is 4.83. The summed E-state index contributed by atoms with van der Waals surface area (Å²) in [5.74, 6) is 1.98. The first-order valence-electron chi connectivity index (χ1n) is 15.4. The van der Waals surface area contributed by atoms with Gasteiger partial charge in [-0.25, -0.2) is 15.0 Å². The average Bonchev–Trinajstić information content (AvgIpc) is 3.34. The zero-order valence-electron chi connectivity index (χ0n) is 25.3. The Balaban J connectivity index is 1.13. The van der Waals surface area contributed by atoms with E-state index in [9.17, 15) is 0 Å². The molecule has 1 heterocycles. The molecule has 0 fully saturated rings. The molecule has 0 unspecified atom stereocenters. The van der Waals surface area contributed by atoms with Crippen molar-refractivity contribution < 1.29 is 0 Å². The Morgan fingerprint density at radius 1 is 0.333 bits per heavy atom. The number of fused-ring (bicyclic) bond motifs is 3. The Bertz CT molecular complexity index is 2110. The van der Waals surface area contributed by atoms with Crippen LogP contribution in [-0.2, 0) is 5.41 Å². The maximum absolute atomic E-state index is 4.89. The van der Waals surface area contributed by atoms with Gasteiger partial charge in [0.25, 0.3) is 0 Å². The van der Waals surface area contributed by atoms with Crippen LogP contribution in [0.5, 0.6) is 0 Å². The van der Waals surface area contributed by atoms with Crippen molar-refractivity contribution in [1.29, 1.82) is 0 Å². The first-order chi connectivity index (χ1) is 22.0. The second-order valence-electron chi connectivity index (χ2n) is 12.1. The van der Waals surface area contributed by atoms with Crippen LogP contribution >= 0.6 is 0 Å². The van der Waals surface area contributed by atoms with Crippen LogP contribution in [0.25, 0.3) is 67.5 Å². The van der Waals surface area contributed by atoms with Crippen LogP contribution in [0.4, 0.5) is 0 Å². The highest BCUT2D eigenvalue weighted by molar-refractivity contribution is 5.84. The molecule has 8 rings (SSSR count). The second kappa shape index (κ2) is 10.8. The molecule has 0 atom stereocenters. The fourth-order valence-corrected chi connectivity index (χ4v) is 6.51. The molecule has 0 bridgehead atoms. The summed E-state index contributed by atoms with van der Waals surface area (Å²) >= 11 is 0. The van der Waals surface area contributed by atoms with Gasteiger partial charge in [0.15, 0.2) is 17.5 Å². The number of hydrogen-bond donors (Lipinski definition) is 0. The van der Waals surface area contributed by atoms with Crippen molar-refractivity contribution in [3.63, 3.8) is 0 Å². The molecule has 45 heavy (non-hydrogen) atoms. The third-order valence-electron chi connectivity index (χ3n) is 8.96. The van der Waals surface area contributed by atoms with E-state index in [1.54, 1.807) is 0 Å². The van der Waals surface area contributed by atoms with Crippen molar-refractivity contribution in [3.05, 3.63) is 163 Å². The van der Waals surface area contributed by atoms with Crippen LogP contribution in [0.3, 0.4) is 0 Å². The third-order valence-corrected chi connectivity index (χ3v) is 8.96. The minimum absolute atomic E-state index is 0.0227. The zero-order chi connectivity index (χ0) is 30.4. The molecule has 0 saturated carbocycles. The van der Waals surface area contributed by atoms with Crippen LogP contribution in [0, 0.1) is 0 Å². The largest absolute Gasteiger partial charge is 0.208 e. The SMILES string of the molecule is CC1(C)c2ccccc2-c2ccc(-c3cccc(-c4ccc(-c5nc(-c6ccccc6)nc(-c6ccccc6)n5)cc4)c3)cc21. The molecule has 3 nitrogen and oxygen atoms in total. The predicted octanol–water partition coefficient (Wildman–Crippen LogP) is 10.5. The monoisotopic (exact) mass is 577 g/mol. The van der Waals surface area contributed by atoms with Crippen LogP contribution in [0.15, 0.2) is 152 Å². The Hall–Kier alpha value is -5.67. The first kappa shape index (κ1) is 26.9. The van der Waals surface area contributed by atoms with Crippen LogP contribution in [0.2, 0.25) is 0 Å². The fraction of sp³-hybridized carbons (Fsp3) is 0.0714. The quantitative estimate of drug-likeness (QED) is 0.204. The lowest BCUT2D eigenvalue weighted by Crippen LogP contribution is -2.14. The van der Waals surface area contributed by atoms with Crippen molar-refractivity contribution in [2.75, 3.05) is 0 Å². The highest BCUT2D eigenvalue weighted by Gasteiger charge is 2.35. The standard InChI is InChI=1S/C42H31N3/c1-42(2)37-19-10-9-18-35(37)36-25-24-34(27-38(36)42)33-17-11-16-32(26-33)28-20-22-31(23-21-28)41-44-39(29-12-5-3-6-13-29)43-40(45-41)30-14-7-4-8-15-30/h3-27H,1-2H3. The molecule has 214 valence electrons. The fourth-order valence-electron chi connectivity index (χ4n) is 6.51. The Morgan fingerprint density at radius 2 is 0.756 bits per heavy atom. The molecule has 6 aromatic carbocycles. The van der Waals surface area contributed by atoms with E-state index < -0.39 is 0 Å². The summed E-state index contributed by atoms with van der Waals surface area (Å²) in [4.78, 5) is 14.6. The molecule has 7 aromatic rings. The van der Waals surface area contributed by atoms with Gasteiger partial charge in [-0.1, -0.05) is 153 Å². The van der Waals surface area contributed by atoms with Crippen LogP contribution in [-0.4, -0.2) is 15.0 Å². The van der Waals surface area contributed by atoms with Gasteiger partial charge in [0.05, 0.1) is 0 Å². The predicted molar refractivity (Wildman–Crippen MR) is 185 cm³/mol. The van der Waals surface area contributed by atoms with Crippen LogP contribution in [0.1, 0.15) is 25.0 Å². The molecule has 3 heteroatoms. The summed E-state index contributed by atoms with van der Waals surface area (Å²) in [6.07, 6.45) is 0. The smallest absolute Gasteiger partial charge is 0.164 e. The number of aromatic nitrogens is 3. The number of rotatable bonds is 5. The highest BCUT2D eigenvalue weighted by atomic mass is 15.0. The summed E-state index contributed by atoms with van der Waals surface area (Å²) in [5, 5.41) is 0. The van der Waals surface area contributed by atoms with E-state index >= 15 is 0 Å². The van der Waals surface area contributed by atoms with Gasteiger partial charge in [-0.05, 0) is 56.6 Å². The van der Waals surface area contributed by atoms with Crippen molar-refractivity contribution in [2.24, 2.45) is 0 Å². The molecule has 0 saturated heterocycles. The lowest BCUT2D eigenvalue weighted by atomic mass is 9.81. The van der Waals surface area contributed by atoms with E-state index in [4.69, 9.17) is 15.0 Å². The topological polar surface area (TPSA) is 38.7 Å². The van der Waals surface area contributed by atoms with Gasteiger partial charge >= 0.3 is 0 Å². The molecule has 0 N–H and O–H groups in total. The second-order valence-corrected chi connectivity index (χ2v) is 12.1. The molecule has 1 aliphatic carbocycles. The summed E-state index contributed by atoms with van der Waals surface area (Å²) in [6.45, 7) is 4.66. The molecular formula is C42H31N3. The molecule has 1 aromatic heterocycles. The van der Waals surface area contributed by atoms with Crippen molar-refractivity contribution in [2.45, 2.75) is 19.3 Å². The molecular weight excluding hydrogens is 546 g/mol. The minimum atomic E-state index is -0.0227. The van der Waals surface area contributed by atoms with Gasteiger partial charge in [0, 0.05) is 22.1 Å². The van der Waals surface area contributed by atoms with Gasteiger partial charge in [0.1, 0.15) is 0 Å². The average molecular weight is 578 g/mol. The summed E-state index contributed by atoms with van der Waals surface area (Å²) < 4.78 is 0. The number of hydrogen-bond acceptors (Lipinski definition) is 3. The maximum Gasteiger partial charge on any atom is 0.164 e. The van der Waals surface area contributed by atoms with E-state index in [1.807, 2.05) is 60.7 Å². The maximum atomic E-state index is 4.89. The Morgan fingerprint density at radius 3 is 1.38 bits per heavy atom. The molecule has 0 aliphatic heterocycles. The Labute approximate surface area is 264 Å². The van der Waals surface area contributed by atoms with Crippen molar-refractivity contribution in [3.8, 4) is 67.5 Å². The summed E-state index contributed by atoms with van der Waals surface area (Å²) in [5.41, 5.74) is 13.1. The number of nitrogens with zero attached hydrogens (tertiary/aromatic N) is 3. The van der Waals surface area contributed by atoms with E-state index in [0.717, 1.165) is 22.3 Å². The normalized spacial score (nSPS) is 12.8. The van der Waals surface area contributed by atoms with E-state index in [2.05, 4.69) is 105 Å². The van der Waals surface area contributed by atoms with E-state index in [0.29, 0.717) is 17.5 Å². The van der Waals surface area contributed by atoms with Gasteiger partial charge in [0.2, 0.25) is 0 Å². The number of benzene rings is 6. The molecule has 0 spiro atoms. The Kier molecular flexibility index (Phi) is 6.46. The first-order valence-corrected chi connectivity index (χ1v) is 15.4. The van der Waals surface area contributed by atoms with Gasteiger partial charge < -0.3 is 0 Å². The molecule has 0 amide bonds. The molecule has 0 radical (unpaired) electrons. The van der Waals surface area contributed by atoms with Crippen LogP contribution < -0.4 is 0 Å². The van der Waals surface area contributed by atoms with Gasteiger partial charge in [-0.15, -0.1) is 0 Å². The van der Waals surface area contributed by atoms with Crippen molar-refractivity contribution in [1.82, 2.24) is 15.0 Å². The summed E-state index contributed by atoms with van der Waals surface area (Å²) in [7, 11) is 0. The summed E-state index contributed by atoms with van der Waals surface area (Å²) in [6, 6.07) is 53.2. The lowest BCUT2D eigenvalue weighted by molar-refractivity contribution is 0.660. The highest BCUT2D eigenvalue weighted by Crippen LogP contribution is 2.49. The minimum Gasteiger partial charge on any atom is -0.208 e. The van der Waals surface area contributed by atoms with E-state index in [1.165, 1.54) is 38.9 Å².